The third-order valence-electron chi connectivity index (χ3n) is 4.14. The van der Waals surface area contributed by atoms with Crippen LogP contribution in [0.2, 0.25) is 0 Å². The highest BCUT2D eigenvalue weighted by molar-refractivity contribution is 8.00. The summed E-state index contributed by atoms with van der Waals surface area (Å²) >= 11 is 2.08. The molecule has 0 spiro atoms. The van der Waals surface area contributed by atoms with Crippen LogP contribution in [0.15, 0.2) is 18.3 Å². The smallest absolute Gasteiger partial charge is 0.128 e. The first-order valence-electron chi connectivity index (χ1n) is 7.42. The normalized spacial score (nSPS) is 27.5. The molecule has 2 fully saturated rings. The van der Waals surface area contributed by atoms with Crippen LogP contribution in [0, 0.1) is 0 Å². The highest BCUT2D eigenvalue weighted by Crippen LogP contribution is 2.28. The van der Waals surface area contributed by atoms with Crippen molar-refractivity contribution >= 4 is 23.3 Å². The summed E-state index contributed by atoms with van der Waals surface area (Å²) in [5.41, 5.74) is 1.17. The molecule has 2 atom stereocenters. The Morgan fingerprint density at radius 1 is 1.26 bits per heavy atom. The highest BCUT2D eigenvalue weighted by atomic mass is 32.2. The predicted molar refractivity (Wildman–Crippen MR) is 84.2 cm³/mol. The van der Waals surface area contributed by atoms with Gasteiger partial charge in [0.05, 0.1) is 11.9 Å². The van der Waals surface area contributed by atoms with E-state index < -0.39 is 0 Å². The molecular formula is C15H23N3S. The molecule has 2 saturated heterocycles. The molecule has 1 N–H and O–H groups in total. The number of thioether (sulfide) groups is 1. The Bertz CT molecular complexity index is 400. The number of hydrogen-bond donors (Lipinski definition) is 1. The van der Waals surface area contributed by atoms with Crippen molar-refractivity contribution in [1.82, 2.24) is 4.98 Å². The Hall–Kier alpha value is -0.900. The molecule has 104 valence electrons. The first-order chi connectivity index (χ1) is 9.33. The van der Waals surface area contributed by atoms with E-state index in [4.69, 9.17) is 0 Å². The number of pyridine rings is 1. The summed E-state index contributed by atoms with van der Waals surface area (Å²) in [6, 6.07) is 4.94. The van der Waals surface area contributed by atoms with Crippen molar-refractivity contribution in [1.29, 1.82) is 0 Å². The third-order valence-corrected chi connectivity index (χ3v) is 5.52. The summed E-state index contributed by atoms with van der Waals surface area (Å²) in [5.74, 6) is 2.44. The van der Waals surface area contributed by atoms with Gasteiger partial charge in [0.1, 0.15) is 5.82 Å². The van der Waals surface area contributed by atoms with Crippen molar-refractivity contribution in [3.8, 4) is 0 Å². The number of rotatable bonds is 3. The van der Waals surface area contributed by atoms with Gasteiger partial charge in [-0.3, -0.25) is 0 Å². The Balaban J connectivity index is 1.62. The molecule has 0 bridgehead atoms. The number of hydrogen-bond acceptors (Lipinski definition) is 4. The SMILES string of the molecule is CC1SCCCC1Nc1ccc(N2CCCC2)nc1. The Labute approximate surface area is 120 Å². The van der Waals surface area contributed by atoms with Gasteiger partial charge in [0.25, 0.3) is 0 Å². The van der Waals surface area contributed by atoms with Crippen LogP contribution in [0.4, 0.5) is 11.5 Å². The van der Waals surface area contributed by atoms with E-state index in [1.807, 2.05) is 6.20 Å². The topological polar surface area (TPSA) is 28.2 Å². The molecule has 2 aliphatic rings. The van der Waals surface area contributed by atoms with Crippen molar-refractivity contribution < 1.29 is 0 Å². The fraction of sp³-hybridized carbons (Fsp3) is 0.667. The number of aromatic nitrogens is 1. The second-order valence-corrected chi connectivity index (χ2v) is 7.05. The molecule has 1 aromatic rings. The van der Waals surface area contributed by atoms with Crippen molar-refractivity contribution in [3.63, 3.8) is 0 Å². The molecular weight excluding hydrogens is 254 g/mol. The zero-order valence-electron chi connectivity index (χ0n) is 11.6. The summed E-state index contributed by atoms with van der Waals surface area (Å²) < 4.78 is 0. The van der Waals surface area contributed by atoms with Crippen LogP contribution in [0.3, 0.4) is 0 Å². The van der Waals surface area contributed by atoms with Crippen LogP contribution in [0.25, 0.3) is 0 Å². The van der Waals surface area contributed by atoms with Gasteiger partial charge < -0.3 is 10.2 Å². The van der Waals surface area contributed by atoms with Gasteiger partial charge in [0, 0.05) is 24.4 Å². The van der Waals surface area contributed by atoms with E-state index in [0.29, 0.717) is 11.3 Å². The van der Waals surface area contributed by atoms with Crippen molar-refractivity contribution in [2.45, 2.75) is 43.9 Å². The molecule has 4 heteroatoms. The zero-order chi connectivity index (χ0) is 13.1. The summed E-state index contributed by atoms with van der Waals surface area (Å²) in [4.78, 5) is 6.99. The van der Waals surface area contributed by atoms with Gasteiger partial charge in [-0.2, -0.15) is 11.8 Å². The molecule has 0 radical (unpaired) electrons. The molecule has 2 aliphatic heterocycles. The molecule has 0 saturated carbocycles. The van der Waals surface area contributed by atoms with Gasteiger partial charge in [0.2, 0.25) is 0 Å². The summed E-state index contributed by atoms with van der Waals surface area (Å²) in [5, 5.41) is 4.35. The summed E-state index contributed by atoms with van der Waals surface area (Å²) in [6.07, 6.45) is 7.21. The zero-order valence-corrected chi connectivity index (χ0v) is 12.5. The molecule has 0 amide bonds. The molecule has 3 rings (SSSR count). The first kappa shape index (κ1) is 13.1. The minimum Gasteiger partial charge on any atom is -0.380 e. The lowest BCUT2D eigenvalue weighted by Crippen LogP contribution is -2.32. The van der Waals surface area contributed by atoms with E-state index in [0.717, 1.165) is 18.9 Å². The second kappa shape index (κ2) is 6.04. The van der Waals surface area contributed by atoms with Gasteiger partial charge in [-0.1, -0.05) is 6.92 Å². The van der Waals surface area contributed by atoms with E-state index in [9.17, 15) is 0 Å². The molecule has 0 aromatic carbocycles. The maximum absolute atomic E-state index is 4.61. The fourth-order valence-electron chi connectivity index (χ4n) is 2.93. The monoisotopic (exact) mass is 277 g/mol. The van der Waals surface area contributed by atoms with Gasteiger partial charge in [-0.15, -0.1) is 0 Å². The summed E-state index contributed by atoms with van der Waals surface area (Å²) in [7, 11) is 0. The molecule has 1 aromatic heterocycles. The van der Waals surface area contributed by atoms with E-state index in [2.05, 4.69) is 46.0 Å². The van der Waals surface area contributed by atoms with Crippen LogP contribution >= 0.6 is 11.8 Å². The number of anilines is 2. The van der Waals surface area contributed by atoms with Gasteiger partial charge in [-0.05, 0) is 43.6 Å². The van der Waals surface area contributed by atoms with Crippen molar-refractivity contribution in [3.05, 3.63) is 18.3 Å². The lowest BCUT2D eigenvalue weighted by molar-refractivity contribution is 0.617. The van der Waals surface area contributed by atoms with Gasteiger partial charge in [0.15, 0.2) is 0 Å². The summed E-state index contributed by atoms with van der Waals surface area (Å²) in [6.45, 7) is 4.65. The molecule has 2 unspecified atom stereocenters. The molecule has 3 heterocycles. The first-order valence-corrected chi connectivity index (χ1v) is 8.47. The lowest BCUT2D eigenvalue weighted by atomic mass is 10.1. The van der Waals surface area contributed by atoms with Crippen molar-refractivity contribution in [2.75, 3.05) is 29.1 Å². The quantitative estimate of drug-likeness (QED) is 0.917. The number of nitrogens with zero attached hydrogens (tertiary/aromatic N) is 2. The predicted octanol–water partition coefficient (Wildman–Crippen LogP) is 3.38. The Morgan fingerprint density at radius 3 is 2.79 bits per heavy atom. The van der Waals surface area contributed by atoms with E-state index >= 15 is 0 Å². The Morgan fingerprint density at radius 2 is 2.11 bits per heavy atom. The van der Waals surface area contributed by atoms with Crippen LogP contribution in [-0.4, -0.2) is 35.1 Å². The van der Waals surface area contributed by atoms with Gasteiger partial charge in [-0.25, -0.2) is 4.98 Å². The van der Waals surface area contributed by atoms with Gasteiger partial charge >= 0.3 is 0 Å². The number of nitrogens with one attached hydrogen (secondary N) is 1. The maximum atomic E-state index is 4.61. The lowest BCUT2D eigenvalue weighted by Gasteiger charge is -2.30. The van der Waals surface area contributed by atoms with E-state index in [1.165, 1.54) is 37.1 Å². The minimum atomic E-state index is 0.596. The largest absolute Gasteiger partial charge is 0.380 e. The van der Waals surface area contributed by atoms with Crippen LogP contribution in [0.5, 0.6) is 0 Å². The molecule has 19 heavy (non-hydrogen) atoms. The maximum Gasteiger partial charge on any atom is 0.128 e. The Kier molecular flexibility index (Phi) is 4.16. The fourth-order valence-corrected chi connectivity index (χ4v) is 4.07. The van der Waals surface area contributed by atoms with E-state index in [-0.39, 0.29) is 0 Å². The minimum absolute atomic E-state index is 0.596. The van der Waals surface area contributed by atoms with Crippen LogP contribution in [0.1, 0.15) is 32.6 Å². The highest BCUT2D eigenvalue weighted by Gasteiger charge is 2.21. The molecule has 0 aliphatic carbocycles. The standard InChI is InChI=1S/C15H23N3S/c1-12-14(5-4-10-19-12)17-13-6-7-15(16-11-13)18-8-2-3-9-18/h6-7,11-12,14,17H,2-5,8-10H2,1H3. The van der Waals surface area contributed by atoms with Crippen LogP contribution in [-0.2, 0) is 0 Å². The average Bonchev–Trinajstić information content (AvgIpc) is 2.96. The van der Waals surface area contributed by atoms with Crippen molar-refractivity contribution in [2.24, 2.45) is 0 Å². The molecule has 3 nitrogen and oxygen atoms in total. The van der Waals surface area contributed by atoms with E-state index in [1.54, 1.807) is 0 Å². The average molecular weight is 277 g/mol. The van der Waals surface area contributed by atoms with Crippen LogP contribution < -0.4 is 10.2 Å². The second-order valence-electron chi connectivity index (χ2n) is 5.57. The third kappa shape index (κ3) is 3.16.